The number of anilines is 2. The van der Waals surface area contributed by atoms with Gasteiger partial charge in [0.15, 0.2) is 0 Å². The summed E-state index contributed by atoms with van der Waals surface area (Å²) >= 11 is 3.50. The van der Waals surface area contributed by atoms with Crippen molar-refractivity contribution in [2.45, 2.75) is 6.42 Å². The summed E-state index contributed by atoms with van der Waals surface area (Å²) in [5.41, 5.74) is 2.38. The van der Waals surface area contributed by atoms with E-state index in [1.54, 1.807) is 22.7 Å². The smallest absolute Gasteiger partial charge is 0.128 e. The monoisotopic (exact) mass is 418 g/mol. The Labute approximate surface area is 179 Å². The van der Waals surface area contributed by atoms with Crippen LogP contribution in [0.15, 0.2) is 71.7 Å². The molecule has 5 heterocycles. The van der Waals surface area contributed by atoms with E-state index in [4.69, 9.17) is 9.97 Å². The number of rotatable bonds is 4. The van der Waals surface area contributed by atoms with Crippen molar-refractivity contribution in [1.29, 1.82) is 0 Å². The fraction of sp³-hybridized carbons (Fsp3) is 0.217. The highest BCUT2D eigenvalue weighted by atomic mass is 32.1. The topological polar surface area (TPSA) is 32.3 Å². The van der Waals surface area contributed by atoms with Crippen LogP contribution in [0.25, 0.3) is 20.9 Å². The van der Waals surface area contributed by atoms with E-state index < -0.39 is 0 Å². The SMILES string of the molecule is c1csc(-c2ccc(N3CCCN(c4ccc(-c5cccs5)cn4)CC3)nc2)c1. The lowest BCUT2D eigenvalue weighted by atomic mass is 10.2. The average Bonchev–Trinajstić information content (AvgIpc) is 3.45. The van der Waals surface area contributed by atoms with Gasteiger partial charge in [0.25, 0.3) is 0 Å². The van der Waals surface area contributed by atoms with Crippen molar-refractivity contribution >= 4 is 34.3 Å². The first-order valence-electron chi connectivity index (χ1n) is 9.86. The number of hydrogen-bond acceptors (Lipinski definition) is 6. The summed E-state index contributed by atoms with van der Waals surface area (Å²) in [6, 6.07) is 17.1. The van der Waals surface area contributed by atoms with E-state index in [-0.39, 0.29) is 0 Å². The van der Waals surface area contributed by atoms with Crippen LogP contribution in [0.1, 0.15) is 6.42 Å². The zero-order valence-corrected chi connectivity index (χ0v) is 17.7. The molecule has 1 aliphatic heterocycles. The molecule has 4 aromatic heterocycles. The third kappa shape index (κ3) is 4.04. The maximum absolute atomic E-state index is 4.74. The van der Waals surface area contributed by atoms with E-state index in [1.165, 1.54) is 20.9 Å². The van der Waals surface area contributed by atoms with Crippen LogP contribution in [-0.4, -0.2) is 36.1 Å². The summed E-state index contributed by atoms with van der Waals surface area (Å²) < 4.78 is 0. The second kappa shape index (κ2) is 8.35. The Morgan fingerprint density at radius 2 is 1.14 bits per heavy atom. The fourth-order valence-electron chi connectivity index (χ4n) is 3.70. The molecule has 0 radical (unpaired) electrons. The van der Waals surface area contributed by atoms with Crippen LogP contribution in [-0.2, 0) is 0 Å². The van der Waals surface area contributed by atoms with Gasteiger partial charge < -0.3 is 9.80 Å². The summed E-state index contributed by atoms with van der Waals surface area (Å²) in [7, 11) is 0. The number of thiophene rings is 2. The Hall–Kier alpha value is -2.70. The minimum atomic E-state index is 0.958. The molecule has 0 saturated carbocycles. The van der Waals surface area contributed by atoms with Gasteiger partial charge in [-0.25, -0.2) is 9.97 Å². The van der Waals surface area contributed by atoms with Gasteiger partial charge in [0.2, 0.25) is 0 Å². The van der Waals surface area contributed by atoms with Crippen LogP contribution < -0.4 is 9.80 Å². The largest absolute Gasteiger partial charge is 0.355 e. The quantitative estimate of drug-likeness (QED) is 0.429. The molecule has 0 bridgehead atoms. The molecule has 1 fully saturated rings. The van der Waals surface area contributed by atoms with Gasteiger partial charge >= 0.3 is 0 Å². The molecule has 0 amide bonds. The van der Waals surface area contributed by atoms with Crippen molar-refractivity contribution in [1.82, 2.24) is 9.97 Å². The Kier molecular flexibility index (Phi) is 5.28. The highest BCUT2D eigenvalue weighted by Crippen LogP contribution is 2.27. The van der Waals surface area contributed by atoms with Crippen LogP contribution in [0.4, 0.5) is 11.6 Å². The van der Waals surface area contributed by atoms with E-state index >= 15 is 0 Å². The van der Waals surface area contributed by atoms with Crippen LogP contribution in [0.2, 0.25) is 0 Å². The molecule has 0 aromatic carbocycles. The number of aromatic nitrogens is 2. The lowest BCUT2D eigenvalue weighted by Crippen LogP contribution is -2.31. The summed E-state index contributed by atoms with van der Waals surface area (Å²) in [5, 5.41) is 4.21. The molecular weight excluding hydrogens is 396 g/mol. The Bertz CT molecular complexity index is 940. The lowest BCUT2D eigenvalue weighted by molar-refractivity contribution is 0.794. The first-order chi connectivity index (χ1) is 14.4. The van der Waals surface area contributed by atoms with Gasteiger partial charge in [-0.15, -0.1) is 22.7 Å². The molecule has 5 rings (SSSR count). The molecule has 1 aliphatic rings. The normalized spacial score (nSPS) is 14.8. The number of nitrogens with zero attached hydrogens (tertiary/aromatic N) is 4. The zero-order chi connectivity index (χ0) is 19.5. The number of hydrogen-bond donors (Lipinski definition) is 0. The van der Waals surface area contributed by atoms with Gasteiger partial charge in [0.1, 0.15) is 11.6 Å². The zero-order valence-electron chi connectivity index (χ0n) is 16.1. The predicted octanol–water partition coefficient (Wildman–Crippen LogP) is 5.65. The minimum Gasteiger partial charge on any atom is -0.355 e. The highest BCUT2D eigenvalue weighted by Gasteiger charge is 2.17. The maximum Gasteiger partial charge on any atom is 0.128 e. The summed E-state index contributed by atoms with van der Waals surface area (Å²) in [5.74, 6) is 2.13. The van der Waals surface area contributed by atoms with Gasteiger partial charge in [-0.1, -0.05) is 12.1 Å². The van der Waals surface area contributed by atoms with Crippen molar-refractivity contribution in [2.24, 2.45) is 0 Å². The average molecular weight is 419 g/mol. The first-order valence-corrected chi connectivity index (χ1v) is 11.6. The van der Waals surface area contributed by atoms with Gasteiger partial charge in [0.05, 0.1) is 0 Å². The standard InChI is InChI=1S/C23H22N4S2/c1-4-20(28-14-1)18-6-8-22(24-16-18)26-10-3-11-27(13-12-26)23-9-7-19(17-25-23)21-5-2-15-29-21/h1-2,4-9,14-17H,3,10-13H2. The van der Waals surface area contributed by atoms with Crippen LogP contribution >= 0.6 is 22.7 Å². The molecule has 0 unspecified atom stereocenters. The summed E-state index contributed by atoms with van der Waals surface area (Å²) in [6.45, 7) is 3.96. The van der Waals surface area contributed by atoms with E-state index in [1.807, 2.05) is 12.4 Å². The molecule has 146 valence electrons. The van der Waals surface area contributed by atoms with Crippen molar-refractivity contribution in [3.05, 3.63) is 71.7 Å². The third-order valence-corrected chi connectivity index (χ3v) is 7.09. The van der Waals surface area contributed by atoms with Crippen molar-refractivity contribution in [3.8, 4) is 20.9 Å². The van der Waals surface area contributed by atoms with Gasteiger partial charge in [-0.2, -0.15) is 0 Å². The maximum atomic E-state index is 4.74. The lowest BCUT2D eigenvalue weighted by Gasteiger charge is -2.23. The predicted molar refractivity (Wildman–Crippen MR) is 124 cm³/mol. The second-order valence-electron chi connectivity index (χ2n) is 7.09. The van der Waals surface area contributed by atoms with Crippen LogP contribution in [0.3, 0.4) is 0 Å². The van der Waals surface area contributed by atoms with Crippen molar-refractivity contribution in [2.75, 3.05) is 36.0 Å². The van der Waals surface area contributed by atoms with E-state index in [2.05, 4.69) is 69.1 Å². The van der Waals surface area contributed by atoms with Crippen LogP contribution in [0, 0.1) is 0 Å². The number of pyridine rings is 2. The molecular formula is C23H22N4S2. The Balaban J connectivity index is 1.25. The van der Waals surface area contributed by atoms with Crippen molar-refractivity contribution in [3.63, 3.8) is 0 Å². The highest BCUT2D eigenvalue weighted by molar-refractivity contribution is 7.13. The van der Waals surface area contributed by atoms with E-state index in [0.29, 0.717) is 0 Å². The van der Waals surface area contributed by atoms with Gasteiger partial charge in [-0.05, 0) is 53.6 Å². The van der Waals surface area contributed by atoms with Crippen molar-refractivity contribution < 1.29 is 0 Å². The second-order valence-corrected chi connectivity index (χ2v) is 8.99. The van der Waals surface area contributed by atoms with E-state index in [0.717, 1.165) is 44.2 Å². The summed E-state index contributed by atoms with van der Waals surface area (Å²) in [4.78, 5) is 16.8. The minimum absolute atomic E-state index is 0.958. The molecule has 0 aliphatic carbocycles. The molecule has 4 aromatic rings. The molecule has 4 nitrogen and oxygen atoms in total. The molecule has 0 spiro atoms. The van der Waals surface area contributed by atoms with Crippen LogP contribution in [0.5, 0.6) is 0 Å². The Morgan fingerprint density at radius 3 is 1.52 bits per heavy atom. The third-order valence-electron chi connectivity index (χ3n) is 5.25. The molecule has 1 saturated heterocycles. The molecule has 6 heteroatoms. The van der Waals surface area contributed by atoms with Gasteiger partial charge in [-0.3, -0.25) is 0 Å². The summed E-state index contributed by atoms with van der Waals surface area (Å²) in [6.07, 6.45) is 5.09. The molecule has 0 atom stereocenters. The molecule has 0 N–H and O–H groups in total. The Morgan fingerprint density at radius 1 is 0.621 bits per heavy atom. The molecule has 29 heavy (non-hydrogen) atoms. The first kappa shape index (κ1) is 18.3. The fourth-order valence-corrected chi connectivity index (χ4v) is 5.13. The van der Waals surface area contributed by atoms with Gasteiger partial charge in [0, 0.05) is 59.5 Å². The van der Waals surface area contributed by atoms with E-state index in [9.17, 15) is 0 Å².